The second kappa shape index (κ2) is 6.78. The summed E-state index contributed by atoms with van der Waals surface area (Å²) in [6, 6.07) is 18.1. The lowest BCUT2D eigenvalue weighted by Gasteiger charge is -2.31. The number of benzene rings is 2. The fourth-order valence-electron chi connectivity index (χ4n) is 2.48. The first-order chi connectivity index (χ1) is 9.33. The van der Waals surface area contributed by atoms with Gasteiger partial charge in [0.15, 0.2) is 0 Å². The number of hydrogen-bond donors (Lipinski definition) is 1. The molecule has 0 unspecified atom stereocenters. The van der Waals surface area contributed by atoms with Gasteiger partial charge in [0.05, 0.1) is 0 Å². The lowest BCUT2D eigenvalue weighted by molar-refractivity contribution is 0.264. The number of para-hydroxylation sites is 1. The topological polar surface area (TPSA) is 35.2 Å². The highest BCUT2D eigenvalue weighted by Gasteiger charge is 2.25. The van der Waals surface area contributed by atoms with E-state index in [0.29, 0.717) is 5.92 Å². The molecule has 0 heterocycles. The van der Waals surface area contributed by atoms with Crippen molar-refractivity contribution in [2.45, 2.75) is 25.3 Å². The molecule has 1 saturated carbocycles. The van der Waals surface area contributed by atoms with Gasteiger partial charge in [0.1, 0.15) is 11.5 Å². The third-order valence-electron chi connectivity index (χ3n) is 3.88. The molecule has 2 aromatic carbocycles. The molecule has 3 rings (SSSR count). The van der Waals surface area contributed by atoms with Crippen molar-refractivity contribution in [3.63, 3.8) is 0 Å². The monoisotopic (exact) mass is 289 g/mol. The number of rotatable bonds is 4. The lowest BCUT2D eigenvalue weighted by Crippen LogP contribution is -2.26. The lowest BCUT2D eigenvalue weighted by atomic mass is 9.77. The van der Waals surface area contributed by atoms with Crippen LogP contribution in [-0.4, -0.2) is 0 Å². The van der Waals surface area contributed by atoms with Crippen molar-refractivity contribution < 1.29 is 4.74 Å². The smallest absolute Gasteiger partial charge is 0.127 e. The number of nitrogens with two attached hydrogens (primary N) is 1. The molecule has 0 aromatic heterocycles. The third kappa shape index (κ3) is 3.33. The fraction of sp³-hybridized carbons (Fsp3) is 0.294. The van der Waals surface area contributed by atoms with E-state index in [1.165, 1.54) is 24.8 Å². The zero-order valence-corrected chi connectivity index (χ0v) is 12.2. The minimum absolute atomic E-state index is 0. The predicted molar refractivity (Wildman–Crippen MR) is 84.5 cm³/mol. The van der Waals surface area contributed by atoms with Gasteiger partial charge >= 0.3 is 0 Å². The van der Waals surface area contributed by atoms with Crippen molar-refractivity contribution in [2.24, 2.45) is 11.7 Å². The van der Waals surface area contributed by atoms with Crippen molar-refractivity contribution in [2.75, 3.05) is 0 Å². The highest BCUT2D eigenvalue weighted by atomic mass is 35.5. The summed E-state index contributed by atoms with van der Waals surface area (Å²) < 4.78 is 5.85. The average Bonchev–Trinajstić information content (AvgIpc) is 2.38. The van der Waals surface area contributed by atoms with E-state index in [9.17, 15) is 0 Å². The van der Waals surface area contributed by atoms with E-state index in [-0.39, 0.29) is 18.4 Å². The maximum absolute atomic E-state index is 6.31. The van der Waals surface area contributed by atoms with Crippen LogP contribution in [0.2, 0.25) is 0 Å². The molecule has 3 heteroatoms. The molecule has 0 spiro atoms. The van der Waals surface area contributed by atoms with Gasteiger partial charge < -0.3 is 10.5 Å². The Hall–Kier alpha value is -1.51. The third-order valence-corrected chi connectivity index (χ3v) is 3.88. The summed E-state index contributed by atoms with van der Waals surface area (Å²) >= 11 is 0. The van der Waals surface area contributed by atoms with Crippen LogP contribution >= 0.6 is 12.4 Å². The Kier molecular flexibility index (Phi) is 5.05. The summed E-state index contributed by atoms with van der Waals surface area (Å²) in [5, 5.41) is 0. The van der Waals surface area contributed by atoms with Gasteiger partial charge in [0.2, 0.25) is 0 Å². The van der Waals surface area contributed by atoms with Crippen LogP contribution in [0, 0.1) is 5.92 Å². The highest BCUT2D eigenvalue weighted by Crippen LogP contribution is 2.37. The molecule has 0 amide bonds. The first kappa shape index (κ1) is 14.9. The summed E-state index contributed by atoms with van der Waals surface area (Å²) in [4.78, 5) is 0. The molecule has 0 saturated heterocycles. The van der Waals surface area contributed by atoms with Gasteiger partial charge in [-0.25, -0.2) is 0 Å². The predicted octanol–water partition coefficient (Wildman–Crippen LogP) is 4.70. The quantitative estimate of drug-likeness (QED) is 0.885. The summed E-state index contributed by atoms with van der Waals surface area (Å²) in [5.74, 6) is 2.36. The van der Waals surface area contributed by atoms with Crippen LogP contribution in [-0.2, 0) is 0 Å². The summed E-state index contributed by atoms with van der Waals surface area (Å²) in [5.41, 5.74) is 7.49. The minimum Gasteiger partial charge on any atom is -0.457 e. The standard InChI is InChI=1S/C17H19NO.ClH/c18-17(13-6-4-7-13)14-8-5-11-16(12-14)19-15-9-2-1-3-10-15;/h1-3,5,8-13,17H,4,6-7,18H2;1H/t17-;/m0./s1. The molecule has 2 aromatic rings. The maximum atomic E-state index is 6.31. The molecule has 0 radical (unpaired) electrons. The highest BCUT2D eigenvalue weighted by molar-refractivity contribution is 5.85. The Balaban J connectivity index is 0.00000147. The van der Waals surface area contributed by atoms with E-state index in [4.69, 9.17) is 10.5 Å². The second-order valence-electron chi connectivity index (χ2n) is 5.20. The van der Waals surface area contributed by atoms with Gasteiger partial charge in [-0.3, -0.25) is 0 Å². The number of halogens is 1. The van der Waals surface area contributed by atoms with Crippen LogP contribution in [0.3, 0.4) is 0 Å². The van der Waals surface area contributed by atoms with Crippen LogP contribution < -0.4 is 10.5 Å². The Morgan fingerprint density at radius 1 is 0.950 bits per heavy atom. The van der Waals surface area contributed by atoms with E-state index < -0.39 is 0 Å². The zero-order valence-electron chi connectivity index (χ0n) is 11.4. The van der Waals surface area contributed by atoms with E-state index in [2.05, 4.69) is 12.1 Å². The van der Waals surface area contributed by atoms with Gasteiger partial charge in [-0.15, -0.1) is 12.4 Å². The van der Waals surface area contributed by atoms with Crippen LogP contribution in [0.1, 0.15) is 30.9 Å². The molecule has 1 atom stereocenters. The zero-order chi connectivity index (χ0) is 13.1. The molecule has 0 aliphatic heterocycles. The molecular formula is C17H20ClNO. The Morgan fingerprint density at radius 2 is 1.65 bits per heavy atom. The minimum atomic E-state index is 0. The van der Waals surface area contributed by atoms with Crippen LogP contribution in [0.4, 0.5) is 0 Å². The van der Waals surface area contributed by atoms with Crippen molar-refractivity contribution in [1.82, 2.24) is 0 Å². The Morgan fingerprint density at radius 3 is 2.30 bits per heavy atom. The summed E-state index contributed by atoms with van der Waals surface area (Å²) in [6.07, 6.45) is 3.83. The van der Waals surface area contributed by atoms with Crippen molar-refractivity contribution in [3.05, 3.63) is 60.2 Å². The fourth-order valence-corrected chi connectivity index (χ4v) is 2.48. The largest absolute Gasteiger partial charge is 0.457 e. The summed E-state index contributed by atoms with van der Waals surface area (Å²) in [7, 11) is 0. The van der Waals surface area contributed by atoms with Crippen molar-refractivity contribution in [1.29, 1.82) is 0 Å². The Labute approximate surface area is 126 Å². The normalized spacial score (nSPS) is 15.8. The van der Waals surface area contributed by atoms with Crippen LogP contribution in [0.25, 0.3) is 0 Å². The first-order valence-electron chi connectivity index (χ1n) is 6.91. The van der Waals surface area contributed by atoms with E-state index in [0.717, 1.165) is 11.5 Å². The second-order valence-corrected chi connectivity index (χ2v) is 5.20. The molecule has 0 bridgehead atoms. The average molecular weight is 290 g/mol. The van der Waals surface area contributed by atoms with Crippen LogP contribution in [0.5, 0.6) is 11.5 Å². The summed E-state index contributed by atoms with van der Waals surface area (Å²) in [6.45, 7) is 0. The van der Waals surface area contributed by atoms with Gasteiger partial charge in [-0.1, -0.05) is 36.8 Å². The molecule has 20 heavy (non-hydrogen) atoms. The maximum Gasteiger partial charge on any atom is 0.127 e. The van der Waals surface area contributed by atoms with Gasteiger partial charge in [0, 0.05) is 6.04 Å². The van der Waals surface area contributed by atoms with E-state index >= 15 is 0 Å². The molecule has 2 N–H and O–H groups in total. The van der Waals surface area contributed by atoms with Gasteiger partial charge in [-0.2, -0.15) is 0 Å². The molecule has 2 nitrogen and oxygen atoms in total. The molecule has 1 fully saturated rings. The molecule has 106 valence electrons. The molecule has 1 aliphatic carbocycles. The van der Waals surface area contributed by atoms with E-state index in [1.54, 1.807) is 0 Å². The van der Waals surface area contributed by atoms with E-state index in [1.807, 2.05) is 42.5 Å². The number of ether oxygens (including phenoxy) is 1. The van der Waals surface area contributed by atoms with Crippen molar-refractivity contribution >= 4 is 12.4 Å². The first-order valence-corrected chi connectivity index (χ1v) is 6.91. The SMILES string of the molecule is Cl.N[C@H](c1cccc(Oc2ccccc2)c1)C1CCC1. The van der Waals surface area contributed by atoms with Crippen molar-refractivity contribution in [3.8, 4) is 11.5 Å². The van der Waals surface area contributed by atoms with Gasteiger partial charge in [0.25, 0.3) is 0 Å². The molecule has 1 aliphatic rings. The van der Waals surface area contributed by atoms with Gasteiger partial charge in [-0.05, 0) is 48.6 Å². The number of hydrogen-bond acceptors (Lipinski definition) is 2. The van der Waals surface area contributed by atoms with Crippen LogP contribution in [0.15, 0.2) is 54.6 Å². The molecular weight excluding hydrogens is 270 g/mol. The Bertz CT molecular complexity index is 540.